The zero-order chi connectivity index (χ0) is 11.7. The van der Waals surface area contributed by atoms with Gasteiger partial charge in [-0.05, 0) is 26.3 Å². The van der Waals surface area contributed by atoms with E-state index in [0.717, 1.165) is 9.71 Å². The zero-order valence-corrected chi connectivity index (χ0v) is 10.1. The summed E-state index contributed by atoms with van der Waals surface area (Å²) < 4.78 is 1.56. The molecule has 2 rings (SSSR count). The van der Waals surface area contributed by atoms with Gasteiger partial charge in [0.05, 0.1) is 17.8 Å². The van der Waals surface area contributed by atoms with Crippen molar-refractivity contribution in [2.24, 2.45) is 0 Å². The second-order valence-corrected chi connectivity index (χ2v) is 5.19. The minimum Gasteiger partial charge on any atom is -0.393 e. The highest BCUT2D eigenvalue weighted by Crippen LogP contribution is 2.19. The maximum absolute atomic E-state index is 12.0. The van der Waals surface area contributed by atoms with Gasteiger partial charge in [-0.1, -0.05) is 0 Å². The molecule has 0 fully saturated rings. The van der Waals surface area contributed by atoms with Crippen LogP contribution in [0.3, 0.4) is 0 Å². The zero-order valence-electron chi connectivity index (χ0n) is 9.30. The Kier molecular flexibility index (Phi) is 3.07. The molecule has 0 saturated heterocycles. The third kappa shape index (κ3) is 2.15. The third-order valence-corrected chi connectivity index (χ3v) is 3.39. The van der Waals surface area contributed by atoms with Crippen LogP contribution in [0.5, 0.6) is 0 Å². The molecule has 1 N–H and O–H groups in total. The van der Waals surface area contributed by atoms with Crippen molar-refractivity contribution < 1.29 is 5.11 Å². The molecule has 0 aromatic carbocycles. The van der Waals surface area contributed by atoms with Crippen LogP contribution in [0, 0.1) is 6.92 Å². The molecule has 0 amide bonds. The number of hydrogen-bond acceptors (Lipinski definition) is 4. The molecule has 2 aromatic rings. The molecule has 0 bridgehead atoms. The van der Waals surface area contributed by atoms with Gasteiger partial charge in [0, 0.05) is 11.4 Å². The second kappa shape index (κ2) is 4.35. The molecule has 0 radical (unpaired) electrons. The van der Waals surface area contributed by atoms with Crippen LogP contribution in [0.4, 0.5) is 0 Å². The lowest BCUT2D eigenvalue weighted by Gasteiger charge is -2.06. The highest BCUT2D eigenvalue weighted by Gasteiger charge is 2.07. The first-order valence-corrected chi connectivity index (χ1v) is 6.03. The lowest BCUT2D eigenvalue weighted by atomic mass is 10.3. The normalized spacial score (nSPS) is 13.2. The Morgan fingerprint density at radius 2 is 2.38 bits per heavy atom. The average Bonchev–Trinajstić information content (AvgIpc) is 2.58. The molecule has 1 atom stereocenters. The quantitative estimate of drug-likeness (QED) is 0.882. The van der Waals surface area contributed by atoms with Crippen LogP contribution in [-0.4, -0.2) is 20.8 Å². The SMILES string of the molecule is Cc1cc2c(=O)n(CC[C@@H](C)O)cnc2s1. The third-order valence-electron chi connectivity index (χ3n) is 2.43. The number of fused-ring (bicyclic) bond motifs is 1. The number of rotatable bonds is 3. The molecule has 5 heteroatoms. The minimum atomic E-state index is -0.396. The standard InChI is InChI=1S/C11H14N2O2S/c1-7(14)3-4-13-6-12-10-9(11(13)15)5-8(2)16-10/h5-7,14H,3-4H2,1-2H3/t7-/m1/s1. The molecule has 0 aliphatic rings. The summed E-state index contributed by atoms with van der Waals surface area (Å²) in [6.07, 6.45) is 1.73. The van der Waals surface area contributed by atoms with E-state index < -0.39 is 6.10 Å². The number of nitrogens with zero attached hydrogens (tertiary/aromatic N) is 2. The smallest absolute Gasteiger partial charge is 0.262 e. The van der Waals surface area contributed by atoms with Gasteiger partial charge in [0.25, 0.3) is 5.56 Å². The van der Waals surface area contributed by atoms with Crippen molar-refractivity contribution in [1.82, 2.24) is 9.55 Å². The van der Waals surface area contributed by atoms with Crippen LogP contribution in [-0.2, 0) is 6.54 Å². The predicted octanol–water partition coefficient (Wildman–Crippen LogP) is 1.54. The van der Waals surface area contributed by atoms with E-state index in [9.17, 15) is 9.90 Å². The Morgan fingerprint density at radius 1 is 1.62 bits per heavy atom. The molecule has 2 aromatic heterocycles. The molecule has 16 heavy (non-hydrogen) atoms. The van der Waals surface area contributed by atoms with Crippen molar-refractivity contribution in [1.29, 1.82) is 0 Å². The molecule has 0 spiro atoms. The molecule has 2 heterocycles. The van der Waals surface area contributed by atoms with Gasteiger partial charge >= 0.3 is 0 Å². The summed E-state index contributed by atoms with van der Waals surface area (Å²) in [6.45, 7) is 4.19. The van der Waals surface area contributed by atoms with Crippen LogP contribution < -0.4 is 5.56 Å². The fraction of sp³-hybridized carbons (Fsp3) is 0.455. The highest BCUT2D eigenvalue weighted by atomic mass is 32.1. The molecule has 4 nitrogen and oxygen atoms in total. The van der Waals surface area contributed by atoms with Crippen molar-refractivity contribution in [3.63, 3.8) is 0 Å². The van der Waals surface area contributed by atoms with E-state index in [2.05, 4.69) is 4.98 Å². The monoisotopic (exact) mass is 238 g/mol. The Bertz CT molecular complexity index is 557. The summed E-state index contributed by atoms with van der Waals surface area (Å²) in [6, 6.07) is 1.87. The number of aryl methyl sites for hydroxylation is 2. The first kappa shape index (κ1) is 11.3. The summed E-state index contributed by atoms with van der Waals surface area (Å²) in [5, 5.41) is 9.86. The first-order chi connectivity index (χ1) is 7.58. The number of aliphatic hydroxyl groups excluding tert-OH is 1. The molecule has 0 aliphatic carbocycles. The van der Waals surface area contributed by atoms with Gasteiger partial charge < -0.3 is 5.11 Å². The summed E-state index contributed by atoms with van der Waals surface area (Å²) >= 11 is 1.53. The summed E-state index contributed by atoms with van der Waals surface area (Å²) in [7, 11) is 0. The Morgan fingerprint density at radius 3 is 3.06 bits per heavy atom. The van der Waals surface area contributed by atoms with Crippen LogP contribution in [0.1, 0.15) is 18.2 Å². The Balaban J connectivity index is 2.40. The minimum absolute atomic E-state index is 0.0185. The maximum Gasteiger partial charge on any atom is 0.262 e. The van der Waals surface area contributed by atoms with Gasteiger partial charge in [-0.2, -0.15) is 0 Å². The lowest BCUT2D eigenvalue weighted by Crippen LogP contribution is -2.21. The first-order valence-electron chi connectivity index (χ1n) is 5.21. The van der Waals surface area contributed by atoms with Gasteiger partial charge in [-0.25, -0.2) is 4.98 Å². The summed E-state index contributed by atoms with van der Waals surface area (Å²) in [4.78, 5) is 18.1. The van der Waals surface area contributed by atoms with Gasteiger partial charge in [-0.15, -0.1) is 11.3 Å². The number of thiophene rings is 1. The second-order valence-electron chi connectivity index (χ2n) is 3.96. The van der Waals surface area contributed by atoms with Crippen molar-refractivity contribution >= 4 is 21.6 Å². The number of aliphatic hydroxyl groups is 1. The molecular weight excluding hydrogens is 224 g/mol. The topological polar surface area (TPSA) is 55.1 Å². The Labute approximate surface area is 97.2 Å². The van der Waals surface area contributed by atoms with E-state index in [1.165, 1.54) is 11.3 Å². The van der Waals surface area contributed by atoms with Gasteiger partial charge in [-0.3, -0.25) is 9.36 Å². The number of aromatic nitrogens is 2. The fourth-order valence-electron chi connectivity index (χ4n) is 1.57. The van der Waals surface area contributed by atoms with Crippen LogP contribution in [0.25, 0.3) is 10.2 Å². The summed E-state index contributed by atoms with van der Waals surface area (Å²) in [5.74, 6) is 0. The van der Waals surface area contributed by atoms with E-state index in [1.807, 2.05) is 13.0 Å². The van der Waals surface area contributed by atoms with Crippen LogP contribution in [0.2, 0.25) is 0 Å². The van der Waals surface area contributed by atoms with Crippen LogP contribution >= 0.6 is 11.3 Å². The Hall–Kier alpha value is -1.20. The lowest BCUT2D eigenvalue weighted by molar-refractivity contribution is 0.177. The van der Waals surface area contributed by atoms with Crippen LogP contribution in [0.15, 0.2) is 17.2 Å². The number of hydrogen-bond donors (Lipinski definition) is 1. The van der Waals surface area contributed by atoms with E-state index in [0.29, 0.717) is 18.4 Å². The maximum atomic E-state index is 12.0. The van der Waals surface area contributed by atoms with E-state index in [1.54, 1.807) is 17.8 Å². The molecule has 86 valence electrons. The van der Waals surface area contributed by atoms with Crippen molar-refractivity contribution in [2.75, 3.05) is 0 Å². The largest absolute Gasteiger partial charge is 0.393 e. The van der Waals surface area contributed by atoms with Gasteiger partial charge in [0.1, 0.15) is 4.83 Å². The van der Waals surface area contributed by atoms with Crippen molar-refractivity contribution in [2.45, 2.75) is 32.9 Å². The van der Waals surface area contributed by atoms with Crippen molar-refractivity contribution in [3.8, 4) is 0 Å². The van der Waals surface area contributed by atoms with Gasteiger partial charge in [0.2, 0.25) is 0 Å². The van der Waals surface area contributed by atoms with E-state index >= 15 is 0 Å². The summed E-state index contributed by atoms with van der Waals surface area (Å²) in [5.41, 5.74) is -0.0185. The highest BCUT2D eigenvalue weighted by molar-refractivity contribution is 7.18. The fourth-order valence-corrected chi connectivity index (χ4v) is 2.40. The predicted molar refractivity (Wildman–Crippen MR) is 64.9 cm³/mol. The molecule has 0 aliphatic heterocycles. The van der Waals surface area contributed by atoms with Crippen molar-refractivity contribution in [3.05, 3.63) is 27.6 Å². The van der Waals surface area contributed by atoms with E-state index in [4.69, 9.17) is 0 Å². The average molecular weight is 238 g/mol. The van der Waals surface area contributed by atoms with E-state index in [-0.39, 0.29) is 5.56 Å². The molecule has 0 unspecified atom stereocenters. The van der Waals surface area contributed by atoms with Gasteiger partial charge in [0.15, 0.2) is 0 Å². The molecular formula is C11H14N2O2S. The molecule has 0 saturated carbocycles.